The van der Waals surface area contributed by atoms with E-state index in [2.05, 4.69) is 11.4 Å². The third-order valence-corrected chi connectivity index (χ3v) is 3.90. The zero-order chi connectivity index (χ0) is 13.2. The Morgan fingerprint density at radius 3 is 2.65 bits per heavy atom. The number of carbonyl (C=O) groups is 1. The molecule has 0 bridgehead atoms. The van der Waals surface area contributed by atoms with Crippen LogP contribution in [-0.2, 0) is 0 Å². The molecule has 4 heteroatoms. The molecule has 106 valence electrons. The van der Waals surface area contributed by atoms with Gasteiger partial charge >= 0.3 is 0 Å². The summed E-state index contributed by atoms with van der Waals surface area (Å²) in [6.07, 6.45) is 1.04. The lowest BCUT2D eigenvalue weighted by Crippen LogP contribution is -2.38. The van der Waals surface area contributed by atoms with Gasteiger partial charge in [-0.3, -0.25) is 4.79 Å². The zero-order valence-electron chi connectivity index (χ0n) is 11.5. The Hall–Kier alpha value is -1.58. The van der Waals surface area contributed by atoms with E-state index < -0.39 is 0 Å². The third-order valence-electron chi connectivity index (χ3n) is 3.90. The molecule has 1 heterocycles. The molecule has 0 spiro atoms. The van der Waals surface area contributed by atoms with Gasteiger partial charge in [-0.1, -0.05) is 30.3 Å². The van der Waals surface area contributed by atoms with Crippen molar-refractivity contribution in [1.82, 2.24) is 10.2 Å². The van der Waals surface area contributed by atoms with Crippen LogP contribution in [0.1, 0.15) is 16.8 Å². The Labute approximate surface area is 125 Å². The number of nitrogens with one attached hydrogen (secondary N) is 1. The minimum absolute atomic E-state index is 0. The minimum atomic E-state index is 0. The van der Waals surface area contributed by atoms with E-state index in [9.17, 15) is 4.79 Å². The summed E-state index contributed by atoms with van der Waals surface area (Å²) in [6.45, 7) is 1.90. The van der Waals surface area contributed by atoms with Crippen molar-refractivity contribution in [2.24, 2.45) is 0 Å². The average molecular weight is 291 g/mol. The lowest BCUT2D eigenvalue weighted by atomic mass is 10.1. The number of amides is 1. The van der Waals surface area contributed by atoms with Gasteiger partial charge in [0, 0.05) is 25.2 Å². The van der Waals surface area contributed by atoms with Gasteiger partial charge in [0.1, 0.15) is 0 Å². The number of rotatable bonds is 2. The Morgan fingerprint density at radius 1 is 1.20 bits per heavy atom. The lowest BCUT2D eigenvalue weighted by molar-refractivity contribution is 0.0744. The molecule has 0 saturated carbocycles. The molecule has 20 heavy (non-hydrogen) atoms. The van der Waals surface area contributed by atoms with E-state index >= 15 is 0 Å². The number of halogens is 1. The van der Waals surface area contributed by atoms with Crippen molar-refractivity contribution in [2.45, 2.75) is 12.5 Å². The molecule has 1 atom stereocenters. The highest BCUT2D eigenvalue weighted by Crippen LogP contribution is 2.18. The Kier molecular flexibility index (Phi) is 4.63. The van der Waals surface area contributed by atoms with Crippen LogP contribution in [0.25, 0.3) is 10.8 Å². The summed E-state index contributed by atoms with van der Waals surface area (Å²) in [5, 5.41) is 5.58. The normalized spacial score (nSPS) is 17.8. The van der Waals surface area contributed by atoms with E-state index in [0.29, 0.717) is 6.04 Å². The molecule has 1 fully saturated rings. The Morgan fingerprint density at radius 2 is 1.95 bits per heavy atom. The van der Waals surface area contributed by atoms with E-state index in [4.69, 9.17) is 0 Å². The topological polar surface area (TPSA) is 32.3 Å². The van der Waals surface area contributed by atoms with Crippen molar-refractivity contribution in [3.05, 3.63) is 48.0 Å². The lowest BCUT2D eigenvalue weighted by Gasteiger charge is -2.24. The molecule has 0 radical (unpaired) electrons. The molecular formula is C16H19ClN2O. The number of benzene rings is 2. The number of hydrogen-bond acceptors (Lipinski definition) is 2. The van der Waals surface area contributed by atoms with Crippen LogP contribution >= 0.6 is 12.4 Å². The Balaban J connectivity index is 0.00000147. The number of likely N-dealkylation sites (N-methyl/N-ethyl adjacent to an activating group) is 1. The summed E-state index contributed by atoms with van der Waals surface area (Å²) < 4.78 is 0. The minimum Gasteiger partial charge on any atom is -0.337 e. The third kappa shape index (κ3) is 2.79. The molecule has 2 aromatic rings. The summed E-state index contributed by atoms with van der Waals surface area (Å²) in [5.41, 5.74) is 0.771. The van der Waals surface area contributed by atoms with E-state index in [1.165, 1.54) is 5.39 Å². The first kappa shape index (κ1) is 14.8. The Bertz CT molecular complexity index is 608. The van der Waals surface area contributed by atoms with E-state index in [-0.39, 0.29) is 18.3 Å². The quantitative estimate of drug-likeness (QED) is 0.922. The predicted octanol–water partition coefficient (Wildman–Crippen LogP) is 2.70. The van der Waals surface area contributed by atoms with Crippen LogP contribution in [0.4, 0.5) is 0 Å². The summed E-state index contributed by atoms with van der Waals surface area (Å²) in [7, 11) is 1.90. The van der Waals surface area contributed by atoms with Crippen LogP contribution in [0.2, 0.25) is 0 Å². The van der Waals surface area contributed by atoms with Crippen molar-refractivity contribution in [3.63, 3.8) is 0 Å². The highest BCUT2D eigenvalue weighted by Gasteiger charge is 2.23. The number of nitrogens with zero attached hydrogens (tertiary/aromatic N) is 1. The molecule has 1 N–H and O–H groups in total. The maximum Gasteiger partial charge on any atom is 0.253 e. The summed E-state index contributed by atoms with van der Waals surface area (Å²) in [4.78, 5) is 14.3. The fraction of sp³-hybridized carbons (Fsp3) is 0.312. The summed E-state index contributed by atoms with van der Waals surface area (Å²) >= 11 is 0. The second-order valence-corrected chi connectivity index (χ2v) is 5.12. The van der Waals surface area contributed by atoms with E-state index in [0.717, 1.165) is 30.5 Å². The van der Waals surface area contributed by atoms with Crippen molar-refractivity contribution in [3.8, 4) is 0 Å². The predicted molar refractivity (Wildman–Crippen MR) is 84.6 cm³/mol. The van der Waals surface area contributed by atoms with Crippen molar-refractivity contribution >= 4 is 29.1 Å². The highest BCUT2D eigenvalue weighted by atomic mass is 35.5. The van der Waals surface area contributed by atoms with E-state index in [1.54, 1.807) is 0 Å². The molecule has 1 aliphatic heterocycles. The van der Waals surface area contributed by atoms with E-state index in [1.807, 2.05) is 48.3 Å². The molecule has 1 amide bonds. The number of hydrogen-bond donors (Lipinski definition) is 1. The molecule has 3 rings (SSSR count). The maximum absolute atomic E-state index is 12.5. The van der Waals surface area contributed by atoms with Crippen LogP contribution in [0.5, 0.6) is 0 Å². The van der Waals surface area contributed by atoms with Gasteiger partial charge in [-0.2, -0.15) is 0 Å². The van der Waals surface area contributed by atoms with Crippen molar-refractivity contribution in [2.75, 3.05) is 20.1 Å². The molecule has 1 aliphatic rings. The number of carbonyl (C=O) groups excluding carboxylic acids is 1. The molecule has 2 aromatic carbocycles. The van der Waals surface area contributed by atoms with Gasteiger partial charge < -0.3 is 10.2 Å². The standard InChI is InChI=1S/C16H18N2O.ClH/c1-18(15-8-9-17-11-15)16(19)14-7-6-12-4-2-3-5-13(12)10-14;/h2-7,10,15,17H,8-9,11H2,1H3;1H. The second-order valence-electron chi connectivity index (χ2n) is 5.12. The number of fused-ring (bicyclic) bond motifs is 1. The zero-order valence-corrected chi connectivity index (χ0v) is 12.3. The van der Waals surface area contributed by atoms with Crippen LogP contribution in [0.3, 0.4) is 0 Å². The molecule has 3 nitrogen and oxygen atoms in total. The second kappa shape index (κ2) is 6.25. The average Bonchev–Trinajstić information content (AvgIpc) is 2.99. The van der Waals surface area contributed by atoms with Gasteiger partial charge in [-0.05, 0) is 35.9 Å². The fourth-order valence-corrected chi connectivity index (χ4v) is 2.66. The van der Waals surface area contributed by atoms with Gasteiger partial charge in [-0.25, -0.2) is 0 Å². The summed E-state index contributed by atoms with van der Waals surface area (Å²) in [6, 6.07) is 14.4. The maximum atomic E-state index is 12.5. The smallest absolute Gasteiger partial charge is 0.253 e. The summed E-state index contributed by atoms with van der Waals surface area (Å²) in [5.74, 6) is 0.111. The van der Waals surface area contributed by atoms with Gasteiger partial charge in [0.2, 0.25) is 0 Å². The van der Waals surface area contributed by atoms with Gasteiger partial charge in [0.15, 0.2) is 0 Å². The first-order valence-corrected chi connectivity index (χ1v) is 6.72. The first-order valence-electron chi connectivity index (χ1n) is 6.72. The van der Waals surface area contributed by atoms with Crippen molar-refractivity contribution in [1.29, 1.82) is 0 Å². The largest absolute Gasteiger partial charge is 0.337 e. The molecular weight excluding hydrogens is 272 g/mol. The highest BCUT2D eigenvalue weighted by molar-refractivity contribution is 5.98. The molecule has 0 aromatic heterocycles. The van der Waals surface area contributed by atoms with Crippen LogP contribution < -0.4 is 5.32 Å². The van der Waals surface area contributed by atoms with Crippen LogP contribution in [-0.4, -0.2) is 37.0 Å². The monoisotopic (exact) mass is 290 g/mol. The van der Waals surface area contributed by atoms with Crippen LogP contribution in [0, 0.1) is 0 Å². The van der Waals surface area contributed by atoms with Gasteiger partial charge in [0.25, 0.3) is 5.91 Å². The SMILES string of the molecule is CN(C(=O)c1ccc2ccccc2c1)C1CCNC1.Cl. The molecule has 1 saturated heterocycles. The molecule has 1 unspecified atom stereocenters. The molecule has 0 aliphatic carbocycles. The van der Waals surface area contributed by atoms with Crippen molar-refractivity contribution < 1.29 is 4.79 Å². The van der Waals surface area contributed by atoms with Gasteiger partial charge in [-0.15, -0.1) is 12.4 Å². The van der Waals surface area contributed by atoms with Crippen LogP contribution in [0.15, 0.2) is 42.5 Å². The van der Waals surface area contributed by atoms with Gasteiger partial charge in [0.05, 0.1) is 0 Å². The fourth-order valence-electron chi connectivity index (χ4n) is 2.66. The first-order chi connectivity index (χ1) is 9.25.